The number of aryl methyl sites for hydroxylation is 1. The molecule has 1 aromatic carbocycles. The Balaban J connectivity index is 1.63. The van der Waals surface area contributed by atoms with Crippen LogP contribution in [0.1, 0.15) is 5.56 Å². The number of hydrogen-bond donors (Lipinski definition) is 1. The van der Waals surface area contributed by atoms with E-state index in [-0.39, 0.29) is 18.5 Å². The first-order valence-corrected chi connectivity index (χ1v) is 7.41. The Hall–Kier alpha value is -2.41. The molecule has 112 valence electrons. The minimum atomic E-state index is -0.255. The third-order valence-electron chi connectivity index (χ3n) is 3.06. The lowest BCUT2D eigenvalue weighted by Gasteiger charge is -2.07. The summed E-state index contributed by atoms with van der Waals surface area (Å²) in [5, 5.41) is 10.6. The van der Waals surface area contributed by atoms with Gasteiger partial charge in [-0.3, -0.25) is 9.20 Å². The largest absolute Gasteiger partial charge is 0.453 e. The summed E-state index contributed by atoms with van der Waals surface area (Å²) in [6, 6.07) is 11.4. The summed E-state index contributed by atoms with van der Waals surface area (Å²) in [4.78, 5) is 11.9. The SMILES string of the molecule is Cc1cc(NC(=O)COc2nnc3ccccn23)ccc1Br. The number of pyridine rings is 1. The van der Waals surface area contributed by atoms with Gasteiger partial charge in [0.1, 0.15) is 0 Å². The fourth-order valence-electron chi connectivity index (χ4n) is 1.97. The molecule has 0 saturated heterocycles. The first-order chi connectivity index (χ1) is 10.6. The highest BCUT2D eigenvalue weighted by Crippen LogP contribution is 2.20. The molecular weight excluding hydrogens is 348 g/mol. The molecule has 2 aromatic heterocycles. The zero-order chi connectivity index (χ0) is 15.5. The van der Waals surface area contributed by atoms with Crippen molar-refractivity contribution in [3.8, 4) is 6.01 Å². The number of nitrogens with one attached hydrogen (secondary N) is 1. The van der Waals surface area contributed by atoms with E-state index in [4.69, 9.17) is 4.74 Å². The molecule has 7 heteroatoms. The van der Waals surface area contributed by atoms with Gasteiger partial charge in [-0.25, -0.2) is 0 Å². The Morgan fingerprint density at radius 2 is 2.18 bits per heavy atom. The smallest absolute Gasteiger partial charge is 0.322 e. The van der Waals surface area contributed by atoms with Crippen molar-refractivity contribution in [2.45, 2.75) is 6.92 Å². The normalized spacial score (nSPS) is 10.6. The van der Waals surface area contributed by atoms with Crippen LogP contribution in [0.4, 0.5) is 5.69 Å². The van der Waals surface area contributed by atoms with Crippen LogP contribution in [0.15, 0.2) is 47.1 Å². The minimum absolute atomic E-state index is 0.134. The molecule has 0 fully saturated rings. The molecule has 0 aliphatic heterocycles. The highest BCUT2D eigenvalue weighted by atomic mass is 79.9. The van der Waals surface area contributed by atoms with Crippen molar-refractivity contribution in [1.82, 2.24) is 14.6 Å². The van der Waals surface area contributed by atoms with E-state index in [9.17, 15) is 4.79 Å². The minimum Gasteiger partial charge on any atom is -0.453 e. The zero-order valence-electron chi connectivity index (χ0n) is 11.8. The number of benzene rings is 1. The number of rotatable bonds is 4. The van der Waals surface area contributed by atoms with Crippen LogP contribution in [0.25, 0.3) is 5.65 Å². The second-order valence-corrected chi connectivity index (χ2v) is 5.57. The number of aromatic nitrogens is 3. The van der Waals surface area contributed by atoms with Gasteiger partial charge >= 0.3 is 6.01 Å². The lowest BCUT2D eigenvalue weighted by Crippen LogP contribution is -2.20. The number of fused-ring (bicyclic) bond motifs is 1. The van der Waals surface area contributed by atoms with Gasteiger partial charge in [0.2, 0.25) is 0 Å². The van der Waals surface area contributed by atoms with Crippen LogP contribution in [-0.2, 0) is 4.79 Å². The molecule has 22 heavy (non-hydrogen) atoms. The number of carbonyl (C=O) groups is 1. The third kappa shape index (κ3) is 3.09. The Morgan fingerprint density at radius 1 is 1.32 bits per heavy atom. The molecular formula is C15H13BrN4O2. The first kappa shape index (κ1) is 14.5. The molecule has 0 radical (unpaired) electrons. The molecule has 3 rings (SSSR count). The molecule has 0 bridgehead atoms. The van der Waals surface area contributed by atoms with Gasteiger partial charge in [-0.05, 0) is 42.8 Å². The first-order valence-electron chi connectivity index (χ1n) is 6.62. The van der Waals surface area contributed by atoms with Crippen molar-refractivity contribution >= 4 is 33.2 Å². The van der Waals surface area contributed by atoms with Crippen molar-refractivity contribution in [2.75, 3.05) is 11.9 Å². The fraction of sp³-hybridized carbons (Fsp3) is 0.133. The molecule has 0 saturated carbocycles. The lowest BCUT2D eigenvalue weighted by atomic mass is 10.2. The van der Waals surface area contributed by atoms with Crippen molar-refractivity contribution in [1.29, 1.82) is 0 Å². The van der Waals surface area contributed by atoms with Gasteiger partial charge in [0, 0.05) is 16.4 Å². The van der Waals surface area contributed by atoms with Crippen molar-refractivity contribution in [3.63, 3.8) is 0 Å². The molecule has 2 heterocycles. The predicted octanol–water partition coefficient (Wildman–Crippen LogP) is 2.82. The van der Waals surface area contributed by atoms with Crippen LogP contribution in [-0.4, -0.2) is 27.1 Å². The number of nitrogens with zero attached hydrogens (tertiary/aromatic N) is 3. The van der Waals surface area contributed by atoms with Gasteiger partial charge in [0.15, 0.2) is 12.3 Å². The van der Waals surface area contributed by atoms with E-state index in [1.807, 2.05) is 43.3 Å². The monoisotopic (exact) mass is 360 g/mol. The third-order valence-corrected chi connectivity index (χ3v) is 3.95. The maximum Gasteiger partial charge on any atom is 0.322 e. The fourth-order valence-corrected chi connectivity index (χ4v) is 2.21. The molecule has 1 N–H and O–H groups in total. The van der Waals surface area contributed by atoms with Gasteiger partial charge in [-0.1, -0.05) is 27.1 Å². The second kappa shape index (κ2) is 6.15. The maximum absolute atomic E-state index is 11.9. The summed E-state index contributed by atoms with van der Waals surface area (Å²) >= 11 is 3.42. The molecule has 0 aliphatic rings. The summed E-state index contributed by atoms with van der Waals surface area (Å²) < 4.78 is 8.09. The van der Waals surface area contributed by atoms with E-state index >= 15 is 0 Å². The van der Waals surface area contributed by atoms with E-state index in [0.717, 1.165) is 15.7 Å². The Bertz CT molecular complexity index is 831. The highest BCUT2D eigenvalue weighted by Gasteiger charge is 2.09. The van der Waals surface area contributed by atoms with Crippen molar-refractivity contribution in [3.05, 3.63) is 52.6 Å². The molecule has 0 aliphatic carbocycles. The molecule has 3 aromatic rings. The molecule has 6 nitrogen and oxygen atoms in total. The summed E-state index contributed by atoms with van der Waals surface area (Å²) in [5.41, 5.74) is 2.43. The summed E-state index contributed by atoms with van der Waals surface area (Å²) in [5.74, 6) is -0.255. The Labute approximate surface area is 135 Å². The van der Waals surface area contributed by atoms with Crippen LogP contribution in [0, 0.1) is 6.92 Å². The van der Waals surface area contributed by atoms with Crippen LogP contribution < -0.4 is 10.1 Å². The topological polar surface area (TPSA) is 68.5 Å². The number of halogens is 1. The molecule has 0 unspecified atom stereocenters. The Morgan fingerprint density at radius 3 is 3.00 bits per heavy atom. The van der Waals surface area contributed by atoms with E-state index in [0.29, 0.717) is 5.65 Å². The van der Waals surface area contributed by atoms with Crippen molar-refractivity contribution < 1.29 is 9.53 Å². The number of carbonyl (C=O) groups excluding carboxylic acids is 1. The Kier molecular flexibility index (Phi) is 4.06. The van der Waals surface area contributed by atoms with Crippen LogP contribution in [0.5, 0.6) is 6.01 Å². The summed E-state index contributed by atoms with van der Waals surface area (Å²) in [6.07, 6.45) is 1.78. The lowest BCUT2D eigenvalue weighted by molar-refractivity contribution is -0.118. The van der Waals surface area contributed by atoms with Gasteiger partial charge in [0.25, 0.3) is 5.91 Å². The number of anilines is 1. The molecule has 0 atom stereocenters. The van der Waals surface area contributed by atoms with Crippen molar-refractivity contribution in [2.24, 2.45) is 0 Å². The molecule has 0 spiro atoms. The van der Waals surface area contributed by atoms with E-state index in [1.54, 1.807) is 10.6 Å². The average molecular weight is 361 g/mol. The summed E-state index contributed by atoms with van der Waals surface area (Å²) in [7, 11) is 0. The number of ether oxygens (including phenoxy) is 1. The standard InChI is InChI=1S/C15H13BrN4O2/c1-10-8-11(5-6-12(10)16)17-14(21)9-22-15-19-18-13-4-2-3-7-20(13)15/h2-8H,9H2,1H3,(H,17,21). The quantitative estimate of drug-likeness (QED) is 0.776. The predicted molar refractivity (Wildman–Crippen MR) is 86.0 cm³/mol. The zero-order valence-corrected chi connectivity index (χ0v) is 13.4. The van der Waals surface area contributed by atoms with Crippen LogP contribution in [0.2, 0.25) is 0 Å². The highest BCUT2D eigenvalue weighted by molar-refractivity contribution is 9.10. The van der Waals surface area contributed by atoms with E-state index in [2.05, 4.69) is 31.4 Å². The maximum atomic E-state index is 11.9. The summed E-state index contributed by atoms with van der Waals surface area (Å²) in [6.45, 7) is 1.82. The van der Waals surface area contributed by atoms with E-state index in [1.165, 1.54) is 0 Å². The van der Waals surface area contributed by atoms with Crippen LogP contribution >= 0.6 is 15.9 Å². The average Bonchev–Trinajstić information content (AvgIpc) is 2.92. The van der Waals surface area contributed by atoms with Crippen LogP contribution in [0.3, 0.4) is 0 Å². The second-order valence-electron chi connectivity index (χ2n) is 4.71. The van der Waals surface area contributed by atoms with Gasteiger partial charge in [-0.2, -0.15) is 0 Å². The van der Waals surface area contributed by atoms with Gasteiger partial charge in [-0.15, -0.1) is 5.10 Å². The number of hydrogen-bond acceptors (Lipinski definition) is 4. The van der Waals surface area contributed by atoms with E-state index < -0.39 is 0 Å². The van der Waals surface area contributed by atoms with Gasteiger partial charge in [0.05, 0.1) is 0 Å². The molecule has 1 amide bonds. The number of amides is 1. The van der Waals surface area contributed by atoms with Gasteiger partial charge < -0.3 is 10.1 Å².